The number of nitrogens with two attached hydrogens (primary N) is 1. The summed E-state index contributed by atoms with van der Waals surface area (Å²) < 4.78 is 0. The van der Waals surface area contributed by atoms with Crippen molar-refractivity contribution in [3.05, 3.63) is 59.3 Å². The van der Waals surface area contributed by atoms with Crippen molar-refractivity contribution in [3.63, 3.8) is 0 Å². The Kier molecular flexibility index (Phi) is 9.94. The van der Waals surface area contributed by atoms with Gasteiger partial charge in [0.05, 0.1) is 0 Å². The van der Waals surface area contributed by atoms with Crippen LogP contribution in [0.4, 0.5) is 0 Å². The van der Waals surface area contributed by atoms with Crippen LogP contribution in [0.5, 0.6) is 0 Å². The van der Waals surface area contributed by atoms with Crippen LogP contribution < -0.4 is 5.73 Å². The van der Waals surface area contributed by atoms with E-state index in [9.17, 15) is 0 Å². The van der Waals surface area contributed by atoms with Crippen LogP contribution in [-0.4, -0.2) is 7.05 Å². The van der Waals surface area contributed by atoms with Crippen molar-refractivity contribution < 1.29 is 0 Å². The molecule has 0 radical (unpaired) electrons. The van der Waals surface area contributed by atoms with Crippen LogP contribution in [0.1, 0.15) is 0 Å². The predicted molar refractivity (Wildman–Crippen MR) is 60.9 cm³/mol. The molecule has 2 aromatic rings. The molecule has 1 aromatic heterocycles. The van der Waals surface area contributed by atoms with Crippen molar-refractivity contribution in [2.75, 3.05) is 7.05 Å². The zero-order chi connectivity index (χ0) is 9.78. The molecule has 2 rings (SSSR count). The Labute approximate surface area is 83.8 Å². The maximum Gasteiger partial charge on any atom is -0.00934 e. The van der Waals surface area contributed by atoms with Gasteiger partial charge in [-0.25, -0.2) is 0 Å². The molecule has 70 valence electrons. The predicted octanol–water partition coefficient (Wildman–Crippen LogP) is 3.01. The molecular formula is C11H15NS. The van der Waals surface area contributed by atoms with Gasteiger partial charge in [0, 0.05) is 0 Å². The van der Waals surface area contributed by atoms with Crippen LogP contribution in [0.25, 0.3) is 0 Å². The van der Waals surface area contributed by atoms with Crippen molar-refractivity contribution in [2.45, 2.75) is 0 Å². The molecule has 0 saturated heterocycles. The van der Waals surface area contributed by atoms with Crippen molar-refractivity contribution in [3.8, 4) is 0 Å². The fourth-order valence-corrected chi connectivity index (χ4v) is 1.07. The van der Waals surface area contributed by atoms with E-state index in [1.807, 2.05) is 59.3 Å². The first-order valence-electron chi connectivity index (χ1n) is 4.05. The van der Waals surface area contributed by atoms with Crippen LogP contribution in [0.15, 0.2) is 59.3 Å². The molecule has 0 saturated carbocycles. The number of thiophene rings is 1. The lowest BCUT2D eigenvalue weighted by Crippen LogP contribution is -1.69. The van der Waals surface area contributed by atoms with Gasteiger partial charge in [-0.15, -0.1) is 0 Å². The normalized spacial score (nSPS) is 7.23. The summed E-state index contributed by atoms with van der Waals surface area (Å²) in [5.41, 5.74) is 4.50. The van der Waals surface area contributed by atoms with Crippen molar-refractivity contribution >= 4 is 11.3 Å². The minimum atomic E-state index is 1.50. The average molecular weight is 193 g/mol. The molecule has 0 spiro atoms. The summed E-state index contributed by atoms with van der Waals surface area (Å²) in [5, 5.41) is 4.08. The maximum absolute atomic E-state index is 4.50. The maximum atomic E-state index is 4.50. The van der Waals surface area contributed by atoms with E-state index in [2.05, 4.69) is 5.73 Å². The van der Waals surface area contributed by atoms with E-state index < -0.39 is 0 Å². The van der Waals surface area contributed by atoms with Gasteiger partial charge < -0.3 is 5.73 Å². The van der Waals surface area contributed by atoms with Crippen LogP contribution >= 0.6 is 11.3 Å². The molecule has 1 aromatic carbocycles. The standard InChI is InChI=1S/C6H6.C4H4S.CH5N/c1-2-4-6-5-3-1;1-2-4-5-3-1;1-2/h1-6H;1-4H;2H2,1H3. The van der Waals surface area contributed by atoms with Gasteiger partial charge in [0.2, 0.25) is 0 Å². The first-order valence-corrected chi connectivity index (χ1v) is 4.99. The molecule has 0 aliphatic carbocycles. The number of rotatable bonds is 0. The van der Waals surface area contributed by atoms with Crippen LogP contribution in [0, 0.1) is 0 Å². The third-order valence-corrected chi connectivity index (χ3v) is 1.72. The zero-order valence-corrected chi connectivity index (χ0v) is 8.58. The van der Waals surface area contributed by atoms with Gasteiger partial charge >= 0.3 is 0 Å². The fourth-order valence-electron chi connectivity index (χ4n) is 0.612. The van der Waals surface area contributed by atoms with Crippen molar-refractivity contribution in [1.29, 1.82) is 0 Å². The van der Waals surface area contributed by atoms with Gasteiger partial charge in [-0.05, 0) is 17.8 Å². The molecule has 1 heterocycles. The molecule has 13 heavy (non-hydrogen) atoms. The summed E-state index contributed by atoms with van der Waals surface area (Å²) >= 11 is 1.71. The second-order valence-electron chi connectivity index (χ2n) is 1.95. The Hall–Kier alpha value is -1.12. The molecule has 0 fully saturated rings. The summed E-state index contributed by atoms with van der Waals surface area (Å²) in [6.45, 7) is 0. The van der Waals surface area contributed by atoms with E-state index >= 15 is 0 Å². The number of benzene rings is 1. The number of hydrogen-bond donors (Lipinski definition) is 1. The molecule has 0 bridgehead atoms. The lowest BCUT2D eigenvalue weighted by atomic mass is 10.4. The molecule has 1 nitrogen and oxygen atoms in total. The van der Waals surface area contributed by atoms with Gasteiger partial charge in [0.25, 0.3) is 0 Å². The van der Waals surface area contributed by atoms with Gasteiger partial charge in [0.15, 0.2) is 0 Å². The molecular weight excluding hydrogens is 178 g/mol. The Balaban J connectivity index is 0.000000189. The lowest BCUT2D eigenvalue weighted by molar-refractivity contribution is 1.48. The summed E-state index contributed by atoms with van der Waals surface area (Å²) in [6, 6.07) is 16.0. The summed E-state index contributed by atoms with van der Waals surface area (Å²) in [4.78, 5) is 0. The van der Waals surface area contributed by atoms with Crippen LogP contribution in [0.3, 0.4) is 0 Å². The smallest absolute Gasteiger partial charge is 0.00934 e. The van der Waals surface area contributed by atoms with E-state index in [0.29, 0.717) is 0 Å². The Morgan fingerprint density at radius 1 is 0.615 bits per heavy atom. The summed E-state index contributed by atoms with van der Waals surface area (Å²) in [6.07, 6.45) is 0. The van der Waals surface area contributed by atoms with Gasteiger partial charge in [-0.3, -0.25) is 0 Å². The Morgan fingerprint density at radius 3 is 1.08 bits per heavy atom. The Morgan fingerprint density at radius 2 is 0.923 bits per heavy atom. The summed E-state index contributed by atoms with van der Waals surface area (Å²) in [5.74, 6) is 0. The monoisotopic (exact) mass is 193 g/mol. The topological polar surface area (TPSA) is 26.0 Å². The second kappa shape index (κ2) is 10.9. The van der Waals surface area contributed by atoms with Gasteiger partial charge in [0.1, 0.15) is 0 Å². The molecule has 0 amide bonds. The summed E-state index contributed by atoms with van der Waals surface area (Å²) in [7, 11) is 1.50. The molecule has 2 N–H and O–H groups in total. The molecule has 2 heteroatoms. The minimum absolute atomic E-state index is 1.50. The van der Waals surface area contributed by atoms with E-state index in [1.165, 1.54) is 7.05 Å². The highest BCUT2D eigenvalue weighted by Crippen LogP contribution is 1.91. The van der Waals surface area contributed by atoms with E-state index in [0.717, 1.165) is 0 Å². The van der Waals surface area contributed by atoms with Gasteiger partial charge in [-0.2, -0.15) is 11.3 Å². The van der Waals surface area contributed by atoms with Crippen molar-refractivity contribution in [1.82, 2.24) is 0 Å². The zero-order valence-electron chi connectivity index (χ0n) is 7.76. The first-order chi connectivity index (χ1) is 6.50. The highest BCUT2D eigenvalue weighted by molar-refractivity contribution is 7.07. The molecule has 0 aliphatic rings. The minimum Gasteiger partial charge on any atom is -0.333 e. The SMILES string of the molecule is CN.c1ccccc1.c1ccsc1. The fraction of sp³-hybridized carbons (Fsp3) is 0.0909. The molecule has 0 aliphatic heterocycles. The van der Waals surface area contributed by atoms with Gasteiger partial charge in [-0.1, -0.05) is 48.5 Å². The van der Waals surface area contributed by atoms with E-state index in [1.54, 1.807) is 11.3 Å². The number of hydrogen-bond acceptors (Lipinski definition) is 2. The van der Waals surface area contributed by atoms with Crippen LogP contribution in [-0.2, 0) is 0 Å². The average Bonchev–Trinajstić information content (AvgIpc) is 2.82. The largest absolute Gasteiger partial charge is 0.333 e. The Bertz CT molecular complexity index is 196. The second-order valence-corrected chi connectivity index (χ2v) is 2.76. The quantitative estimate of drug-likeness (QED) is 0.684. The van der Waals surface area contributed by atoms with Crippen molar-refractivity contribution in [2.24, 2.45) is 5.73 Å². The third kappa shape index (κ3) is 8.79. The first kappa shape index (κ1) is 11.9. The molecule has 0 unspecified atom stereocenters. The van der Waals surface area contributed by atoms with E-state index in [-0.39, 0.29) is 0 Å². The highest BCUT2D eigenvalue weighted by atomic mass is 32.1. The lowest BCUT2D eigenvalue weighted by Gasteiger charge is -1.69. The molecule has 0 atom stereocenters. The van der Waals surface area contributed by atoms with Crippen LogP contribution in [0.2, 0.25) is 0 Å². The highest BCUT2D eigenvalue weighted by Gasteiger charge is 1.58. The third-order valence-electron chi connectivity index (χ3n) is 1.09. The van der Waals surface area contributed by atoms with E-state index in [4.69, 9.17) is 0 Å².